The van der Waals surface area contributed by atoms with Crippen molar-refractivity contribution in [3.63, 3.8) is 0 Å². The number of hydrogen-bond donors (Lipinski definition) is 6. The van der Waals surface area contributed by atoms with Crippen molar-refractivity contribution in [3.8, 4) is 0 Å². The Labute approximate surface area is 159 Å². The average molecular weight is 387 g/mol. The second-order valence-electron chi connectivity index (χ2n) is 7.02. The lowest BCUT2D eigenvalue weighted by atomic mass is 10.1. The minimum atomic E-state index is -0.720. The lowest BCUT2D eigenvalue weighted by Gasteiger charge is -2.18. The molecule has 0 unspecified atom stereocenters. The molecular formula is C18H33N3O6. The number of rotatable bonds is 3. The van der Waals surface area contributed by atoms with Crippen LogP contribution in [0.4, 0.5) is 0 Å². The molecule has 3 fully saturated rings. The van der Waals surface area contributed by atoms with Crippen LogP contribution in [0.5, 0.6) is 0 Å². The zero-order valence-electron chi connectivity index (χ0n) is 15.8. The molecule has 0 radical (unpaired) electrons. The Balaban J connectivity index is 0.000000204. The van der Waals surface area contributed by atoms with Gasteiger partial charge in [-0.15, -0.1) is 0 Å². The van der Waals surface area contributed by atoms with E-state index in [1.807, 2.05) is 0 Å². The van der Waals surface area contributed by atoms with Crippen LogP contribution >= 0.6 is 0 Å². The first-order chi connectivity index (χ1) is 12.9. The van der Waals surface area contributed by atoms with Gasteiger partial charge < -0.3 is 31.3 Å². The quantitative estimate of drug-likeness (QED) is 0.410. The predicted octanol–water partition coefficient (Wildman–Crippen LogP) is 0.639. The molecule has 9 nitrogen and oxygen atoms in total. The van der Waals surface area contributed by atoms with Crippen LogP contribution in [0.2, 0.25) is 0 Å². The van der Waals surface area contributed by atoms with Crippen LogP contribution in [0.25, 0.3) is 0 Å². The number of aliphatic carboxylic acids is 3. The Bertz CT molecular complexity index is 454. The van der Waals surface area contributed by atoms with Crippen LogP contribution in [-0.4, -0.2) is 71.0 Å². The lowest BCUT2D eigenvalue weighted by molar-refractivity contribution is -0.140. The minimum absolute atomic E-state index is 0.269. The smallest absolute Gasteiger partial charge is 0.320 e. The summed E-state index contributed by atoms with van der Waals surface area (Å²) in [7, 11) is 0. The molecule has 0 aromatic heterocycles. The third kappa shape index (κ3) is 10.3. The summed E-state index contributed by atoms with van der Waals surface area (Å²) in [4.78, 5) is 30.9. The van der Waals surface area contributed by atoms with Crippen molar-refractivity contribution in [1.82, 2.24) is 16.0 Å². The van der Waals surface area contributed by atoms with E-state index < -0.39 is 17.9 Å². The van der Waals surface area contributed by atoms with E-state index >= 15 is 0 Å². The molecule has 3 aliphatic heterocycles. The number of carbonyl (C=O) groups is 3. The zero-order valence-corrected chi connectivity index (χ0v) is 15.8. The highest BCUT2D eigenvalue weighted by Crippen LogP contribution is 2.08. The summed E-state index contributed by atoms with van der Waals surface area (Å²) in [6.07, 6.45) is 8.84. The first-order valence-corrected chi connectivity index (χ1v) is 9.80. The summed E-state index contributed by atoms with van der Waals surface area (Å²) in [5, 5.41) is 34.2. The summed E-state index contributed by atoms with van der Waals surface area (Å²) in [6, 6.07) is -0.837. The SMILES string of the molecule is O=C(O)[C@@H]1CCCCCN1.O=C(O)[C@@H]1CCCCN1.O=C(O)[C@@H]1CCCN1. The van der Waals surface area contributed by atoms with E-state index in [0.29, 0.717) is 0 Å². The summed E-state index contributed by atoms with van der Waals surface area (Å²) in [5.41, 5.74) is 0. The molecule has 3 saturated heterocycles. The van der Waals surface area contributed by atoms with Gasteiger partial charge in [0.25, 0.3) is 0 Å². The predicted molar refractivity (Wildman–Crippen MR) is 99.8 cm³/mol. The van der Waals surface area contributed by atoms with Crippen molar-refractivity contribution in [2.45, 2.75) is 75.9 Å². The van der Waals surface area contributed by atoms with E-state index in [0.717, 1.165) is 77.4 Å². The van der Waals surface area contributed by atoms with Gasteiger partial charge in [0.1, 0.15) is 18.1 Å². The highest BCUT2D eigenvalue weighted by molar-refractivity contribution is 5.74. The van der Waals surface area contributed by atoms with Crippen molar-refractivity contribution < 1.29 is 29.7 Å². The first kappa shape index (κ1) is 23.3. The molecule has 0 amide bonds. The number of nitrogens with one attached hydrogen (secondary N) is 3. The lowest BCUT2D eigenvalue weighted by Crippen LogP contribution is -2.40. The maximum Gasteiger partial charge on any atom is 0.320 e. The van der Waals surface area contributed by atoms with E-state index in [1.165, 1.54) is 0 Å². The summed E-state index contributed by atoms with van der Waals surface area (Å²) >= 11 is 0. The molecule has 0 aliphatic carbocycles. The molecule has 0 aromatic rings. The van der Waals surface area contributed by atoms with Gasteiger partial charge >= 0.3 is 17.9 Å². The van der Waals surface area contributed by atoms with Crippen molar-refractivity contribution in [2.75, 3.05) is 19.6 Å². The molecule has 9 heteroatoms. The molecule has 156 valence electrons. The third-order valence-electron chi connectivity index (χ3n) is 4.83. The van der Waals surface area contributed by atoms with E-state index in [1.54, 1.807) is 0 Å². The number of carboxylic acids is 3. The fourth-order valence-electron chi connectivity index (χ4n) is 3.20. The highest BCUT2D eigenvalue weighted by atomic mass is 16.4. The van der Waals surface area contributed by atoms with Gasteiger partial charge in [-0.05, 0) is 58.2 Å². The van der Waals surface area contributed by atoms with Gasteiger partial charge in [0.2, 0.25) is 0 Å². The number of piperidine rings is 1. The monoisotopic (exact) mass is 387 g/mol. The number of hydrogen-bond acceptors (Lipinski definition) is 6. The first-order valence-electron chi connectivity index (χ1n) is 9.80. The van der Waals surface area contributed by atoms with Gasteiger partial charge in [0.05, 0.1) is 0 Å². The van der Waals surface area contributed by atoms with Gasteiger partial charge in [-0.2, -0.15) is 0 Å². The molecule has 3 heterocycles. The molecule has 3 atom stereocenters. The summed E-state index contributed by atoms with van der Waals surface area (Å²) < 4.78 is 0. The van der Waals surface area contributed by atoms with E-state index in [-0.39, 0.29) is 18.1 Å². The summed E-state index contributed by atoms with van der Waals surface area (Å²) in [6.45, 7) is 2.57. The Morgan fingerprint density at radius 2 is 0.852 bits per heavy atom. The fourth-order valence-corrected chi connectivity index (χ4v) is 3.20. The maximum absolute atomic E-state index is 10.4. The largest absolute Gasteiger partial charge is 0.480 e. The molecule has 6 N–H and O–H groups in total. The molecule has 0 saturated carbocycles. The van der Waals surface area contributed by atoms with Crippen LogP contribution in [0.1, 0.15) is 57.8 Å². The Hall–Kier alpha value is -1.71. The number of carboxylic acid groups (broad SMARTS) is 3. The standard InChI is InChI=1S/C7H13NO2.C6H11NO2.C5H9NO2/c9-7(10)6-4-2-1-3-5-8-6;8-6(9)5-3-1-2-4-7-5;7-5(8)4-2-1-3-6-4/h6,8H,1-5H2,(H,9,10);5,7H,1-4H2,(H,8,9);4,6H,1-3H2,(H,7,8)/t6-;5-;4-/m000/s1. The molecule has 0 aromatic carbocycles. The Kier molecular flexibility index (Phi) is 11.6. The fraction of sp³-hybridized carbons (Fsp3) is 0.833. The molecule has 3 aliphatic rings. The van der Waals surface area contributed by atoms with Crippen LogP contribution < -0.4 is 16.0 Å². The van der Waals surface area contributed by atoms with Crippen LogP contribution in [0, 0.1) is 0 Å². The normalized spacial score (nSPS) is 27.8. The van der Waals surface area contributed by atoms with Gasteiger partial charge in [-0.25, -0.2) is 0 Å². The van der Waals surface area contributed by atoms with Gasteiger partial charge in [-0.3, -0.25) is 14.4 Å². The highest BCUT2D eigenvalue weighted by Gasteiger charge is 2.20. The zero-order chi connectivity index (χ0) is 20.1. The van der Waals surface area contributed by atoms with Gasteiger partial charge in [-0.1, -0.05) is 19.3 Å². The van der Waals surface area contributed by atoms with Crippen molar-refractivity contribution in [1.29, 1.82) is 0 Å². The summed E-state index contributed by atoms with van der Waals surface area (Å²) in [5.74, 6) is -2.14. The van der Waals surface area contributed by atoms with Crippen molar-refractivity contribution >= 4 is 17.9 Å². The van der Waals surface area contributed by atoms with E-state index in [9.17, 15) is 14.4 Å². The molecular weight excluding hydrogens is 354 g/mol. The van der Waals surface area contributed by atoms with Crippen molar-refractivity contribution in [3.05, 3.63) is 0 Å². The van der Waals surface area contributed by atoms with Gasteiger partial charge in [0, 0.05) is 0 Å². The third-order valence-corrected chi connectivity index (χ3v) is 4.83. The van der Waals surface area contributed by atoms with Crippen LogP contribution in [0.3, 0.4) is 0 Å². The molecule has 27 heavy (non-hydrogen) atoms. The van der Waals surface area contributed by atoms with E-state index in [2.05, 4.69) is 16.0 Å². The topological polar surface area (TPSA) is 148 Å². The molecule has 0 bridgehead atoms. The maximum atomic E-state index is 10.4. The minimum Gasteiger partial charge on any atom is -0.480 e. The van der Waals surface area contributed by atoms with Crippen molar-refractivity contribution in [2.24, 2.45) is 0 Å². The average Bonchev–Trinajstić information content (AvgIpc) is 3.06. The Morgan fingerprint density at radius 1 is 0.519 bits per heavy atom. The molecule has 3 rings (SSSR count). The van der Waals surface area contributed by atoms with Crippen LogP contribution in [0.15, 0.2) is 0 Å². The van der Waals surface area contributed by atoms with Gasteiger partial charge in [0.15, 0.2) is 0 Å². The molecule has 0 spiro atoms. The van der Waals surface area contributed by atoms with Crippen LogP contribution in [-0.2, 0) is 14.4 Å². The second-order valence-corrected chi connectivity index (χ2v) is 7.02. The Morgan fingerprint density at radius 3 is 1.22 bits per heavy atom. The second kappa shape index (κ2) is 13.5. The van der Waals surface area contributed by atoms with E-state index in [4.69, 9.17) is 15.3 Å².